The number of rotatable bonds is 5. The molecule has 1 aliphatic rings. The smallest absolute Gasteiger partial charge is 0.166 e. The number of hydrogen-bond acceptors (Lipinski definition) is 1. The van der Waals surface area contributed by atoms with Gasteiger partial charge >= 0.3 is 0 Å². The van der Waals surface area contributed by atoms with Gasteiger partial charge in [-0.2, -0.15) is 0 Å². The van der Waals surface area contributed by atoms with Crippen LogP contribution in [0.4, 0.5) is 0 Å². The van der Waals surface area contributed by atoms with Crippen molar-refractivity contribution in [2.45, 2.75) is 51.9 Å². The molecule has 0 saturated carbocycles. The molecule has 0 aliphatic heterocycles. The molecule has 0 saturated heterocycles. The van der Waals surface area contributed by atoms with Crippen molar-refractivity contribution in [3.63, 3.8) is 0 Å². The summed E-state index contributed by atoms with van der Waals surface area (Å²) in [5.74, 6) is 0.279. The predicted octanol–water partition coefficient (Wildman–Crippen LogP) is 4.71. The van der Waals surface area contributed by atoms with Crippen LogP contribution in [0.1, 0.15) is 61.4 Å². The van der Waals surface area contributed by atoms with E-state index in [1.54, 1.807) is 0 Å². The normalized spacial score (nSPS) is 15.3. The van der Waals surface area contributed by atoms with Crippen molar-refractivity contribution in [2.24, 2.45) is 0 Å². The first kappa shape index (κ1) is 13.1. The zero-order chi connectivity index (χ0) is 12.8. The first-order chi connectivity index (χ1) is 8.79. The van der Waals surface area contributed by atoms with Crippen LogP contribution in [-0.2, 0) is 6.42 Å². The Bertz CT molecular complexity index is 443. The highest BCUT2D eigenvalue weighted by molar-refractivity contribution is 5.97. The molecule has 0 radical (unpaired) electrons. The summed E-state index contributed by atoms with van der Waals surface area (Å²) in [6.07, 6.45) is 9.86. The van der Waals surface area contributed by atoms with E-state index in [4.69, 9.17) is 0 Å². The Hall–Kier alpha value is -1.37. The van der Waals surface area contributed by atoms with Gasteiger partial charge in [0.25, 0.3) is 0 Å². The lowest BCUT2D eigenvalue weighted by Crippen LogP contribution is -2.03. The second kappa shape index (κ2) is 6.53. The van der Waals surface area contributed by atoms with Crippen LogP contribution >= 0.6 is 0 Å². The fourth-order valence-electron chi connectivity index (χ4n) is 2.56. The first-order valence-corrected chi connectivity index (χ1v) is 7.09. The lowest BCUT2D eigenvalue weighted by atomic mass is 9.93. The van der Waals surface area contributed by atoms with Gasteiger partial charge in [0.1, 0.15) is 0 Å². The van der Waals surface area contributed by atoms with E-state index < -0.39 is 0 Å². The van der Waals surface area contributed by atoms with Gasteiger partial charge in [0, 0.05) is 12.0 Å². The molecule has 0 amide bonds. The maximum Gasteiger partial charge on any atom is 0.166 e. The number of hydrogen-bond donors (Lipinski definition) is 0. The van der Waals surface area contributed by atoms with E-state index in [9.17, 15) is 4.79 Å². The van der Waals surface area contributed by atoms with Crippen LogP contribution in [0.15, 0.2) is 35.9 Å². The van der Waals surface area contributed by atoms with Crippen molar-refractivity contribution < 1.29 is 4.79 Å². The van der Waals surface area contributed by atoms with Gasteiger partial charge in [0.2, 0.25) is 0 Å². The monoisotopic (exact) mass is 242 g/mol. The average molecular weight is 242 g/mol. The summed E-state index contributed by atoms with van der Waals surface area (Å²) in [7, 11) is 0. The van der Waals surface area contributed by atoms with Crippen molar-refractivity contribution in [1.82, 2.24) is 0 Å². The molecule has 1 aliphatic carbocycles. The summed E-state index contributed by atoms with van der Waals surface area (Å²) < 4.78 is 0. The summed E-state index contributed by atoms with van der Waals surface area (Å²) in [4.78, 5) is 12.2. The van der Waals surface area contributed by atoms with E-state index in [-0.39, 0.29) is 5.78 Å². The molecule has 0 unspecified atom stereocenters. The van der Waals surface area contributed by atoms with Gasteiger partial charge in [-0.1, -0.05) is 43.2 Å². The third-order valence-electron chi connectivity index (χ3n) is 3.56. The molecule has 1 aromatic carbocycles. The second-order valence-electron chi connectivity index (χ2n) is 5.16. The van der Waals surface area contributed by atoms with Gasteiger partial charge in [-0.25, -0.2) is 0 Å². The number of carbonyl (C=O) groups is 1. The summed E-state index contributed by atoms with van der Waals surface area (Å²) in [6.45, 7) is 2.17. The summed E-state index contributed by atoms with van der Waals surface area (Å²) in [5.41, 5.74) is 3.50. The predicted molar refractivity (Wildman–Crippen MR) is 75.9 cm³/mol. The second-order valence-corrected chi connectivity index (χ2v) is 5.16. The standard InChI is InChI=1S/C17H22O/c1-2-7-14-10-6-11-16(12-14)17(18)13-15-8-4-3-5-9-15/h6,8,10-12H,2-5,7,9,13H2,1H3. The zero-order valence-electron chi connectivity index (χ0n) is 11.2. The third-order valence-corrected chi connectivity index (χ3v) is 3.56. The lowest BCUT2D eigenvalue weighted by molar-refractivity contribution is 0.0991. The lowest BCUT2D eigenvalue weighted by Gasteiger charge is -2.12. The summed E-state index contributed by atoms with van der Waals surface area (Å²) >= 11 is 0. The summed E-state index contributed by atoms with van der Waals surface area (Å²) in [6, 6.07) is 8.13. The molecule has 1 nitrogen and oxygen atoms in total. The van der Waals surface area contributed by atoms with Crippen LogP contribution < -0.4 is 0 Å². The summed E-state index contributed by atoms with van der Waals surface area (Å²) in [5, 5.41) is 0. The maximum absolute atomic E-state index is 12.2. The first-order valence-electron chi connectivity index (χ1n) is 7.09. The van der Waals surface area contributed by atoms with Gasteiger partial charge in [-0.15, -0.1) is 0 Å². The van der Waals surface area contributed by atoms with Crippen LogP contribution in [0.2, 0.25) is 0 Å². The number of benzene rings is 1. The largest absolute Gasteiger partial charge is 0.294 e. The Morgan fingerprint density at radius 3 is 2.89 bits per heavy atom. The molecule has 2 rings (SSSR count). The van der Waals surface area contributed by atoms with Crippen LogP contribution in [0.25, 0.3) is 0 Å². The van der Waals surface area contributed by atoms with E-state index in [1.807, 2.05) is 12.1 Å². The van der Waals surface area contributed by atoms with E-state index in [2.05, 4.69) is 25.1 Å². The molecule has 1 aromatic rings. The highest BCUT2D eigenvalue weighted by Crippen LogP contribution is 2.22. The molecular formula is C17H22O. The number of Topliss-reactive ketones (excluding diaryl/α,β-unsaturated/α-hetero) is 1. The van der Waals surface area contributed by atoms with Gasteiger partial charge in [-0.05, 0) is 43.7 Å². The van der Waals surface area contributed by atoms with E-state index in [0.717, 1.165) is 31.2 Å². The molecule has 0 fully saturated rings. The minimum Gasteiger partial charge on any atom is -0.294 e. The Kier molecular flexibility index (Phi) is 4.74. The molecule has 0 bridgehead atoms. The molecule has 18 heavy (non-hydrogen) atoms. The van der Waals surface area contributed by atoms with Crippen molar-refractivity contribution in [3.05, 3.63) is 47.0 Å². The highest BCUT2D eigenvalue weighted by atomic mass is 16.1. The molecule has 1 heteroatoms. The zero-order valence-corrected chi connectivity index (χ0v) is 11.2. The van der Waals surface area contributed by atoms with Crippen LogP contribution in [0.3, 0.4) is 0 Å². The van der Waals surface area contributed by atoms with Crippen LogP contribution in [0.5, 0.6) is 0 Å². The van der Waals surface area contributed by atoms with Crippen LogP contribution in [-0.4, -0.2) is 5.78 Å². The third kappa shape index (κ3) is 3.56. The molecule has 0 atom stereocenters. The quantitative estimate of drug-likeness (QED) is 0.539. The number of ketones is 1. The van der Waals surface area contributed by atoms with Crippen molar-refractivity contribution in [3.8, 4) is 0 Å². The SMILES string of the molecule is CCCc1cccc(C(=O)CC2=CCCCC2)c1. The van der Waals surface area contributed by atoms with E-state index in [0.29, 0.717) is 6.42 Å². The van der Waals surface area contributed by atoms with E-state index in [1.165, 1.54) is 24.0 Å². The average Bonchev–Trinajstić information content (AvgIpc) is 2.40. The number of carbonyl (C=O) groups excluding carboxylic acids is 1. The Labute approximate surface area is 110 Å². The molecule has 0 N–H and O–H groups in total. The fourth-order valence-corrected chi connectivity index (χ4v) is 2.56. The molecule has 0 spiro atoms. The Morgan fingerprint density at radius 2 is 2.17 bits per heavy atom. The topological polar surface area (TPSA) is 17.1 Å². The van der Waals surface area contributed by atoms with E-state index >= 15 is 0 Å². The molecule has 96 valence electrons. The Morgan fingerprint density at radius 1 is 1.28 bits per heavy atom. The van der Waals surface area contributed by atoms with Gasteiger partial charge in [-0.3, -0.25) is 4.79 Å². The van der Waals surface area contributed by atoms with Gasteiger partial charge in [0.05, 0.1) is 0 Å². The highest BCUT2D eigenvalue weighted by Gasteiger charge is 2.11. The fraction of sp³-hybridized carbons (Fsp3) is 0.471. The minimum absolute atomic E-state index is 0.279. The maximum atomic E-state index is 12.2. The molecular weight excluding hydrogens is 220 g/mol. The Balaban J connectivity index is 2.03. The van der Waals surface area contributed by atoms with Crippen LogP contribution in [0, 0.1) is 0 Å². The number of aryl methyl sites for hydroxylation is 1. The molecule has 0 aromatic heterocycles. The number of allylic oxidation sites excluding steroid dienone is 2. The van der Waals surface area contributed by atoms with Crippen molar-refractivity contribution in [2.75, 3.05) is 0 Å². The van der Waals surface area contributed by atoms with Gasteiger partial charge in [0.15, 0.2) is 5.78 Å². The van der Waals surface area contributed by atoms with Gasteiger partial charge < -0.3 is 0 Å². The van der Waals surface area contributed by atoms with Crippen molar-refractivity contribution in [1.29, 1.82) is 0 Å². The minimum atomic E-state index is 0.279. The molecule has 0 heterocycles. The van der Waals surface area contributed by atoms with Crippen molar-refractivity contribution >= 4 is 5.78 Å².